The zero-order chi connectivity index (χ0) is 11.7. The van der Waals surface area contributed by atoms with Crippen molar-refractivity contribution in [1.29, 1.82) is 0 Å². The van der Waals surface area contributed by atoms with Crippen LogP contribution in [0.3, 0.4) is 0 Å². The Hall–Kier alpha value is -1.13. The number of rotatable bonds is 3. The van der Waals surface area contributed by atoms with Crippen LogP contribution in [0, 0.1) is 0 Å². The third-order valence-corrected chi connectivity index (χ3v) is 4.16. The van der Waals surface area contributed by atoms with Crippen molar-refractivity contribution in [2.24, 2.45) is 0 Å². The first kappa shape index (κ1) is 11.0. The summed E-state index contributed by atoms with van der Waals surface area (Å²) < 4.78 is 2.35. The van der Waals surface area contributed by atoms with Crippen LogP contribution in [0.15, 0.2) is 17.5 Å². The number of fused-ring (bicyclic) bond motifs is 1. The summed E-state index contributed by atoms with van der Waals surface area (Å²) in [6.45, 7) is 1.26. The van der Waals surface area contributed by atoms with Crippen LogP contribution in [0.1, 0.15) is 24.2 Å². The van der Waals surface area contributed by atoms with Crippen molar-refractivity contribution in [1.82, 2.24) is 9.55 Å². The minimum absolute atomic E-state index is 0.188. The molecule has 1 aliphatic heterocycles. The summed E-state index contributed by atoms with van der Waals surface area (Å²) in [5.41, 5.74) is 2.43. The molecule has 0 bridgehead atoms. The third-order valence-electron chi connectivity index (χ3n) is 3.29. The van der Waals surface area contributed by atoms with Crippen LogP contribution < -0.4 is 0 Å². The molecule has 0 atom stereocenters. The predicted molar refractivity (Wildman–Crippen MR) is 69.3 cm³/mol. The van der Waals surface area contributed by atoms with Gasteiger partial charge in [-0.05, 0) is 30.7 Å². The SMILES string of the molecule is OCCc1nc(-c2cccs2)n2c1CCCC2. The van der Waals surface area contributed by atoms with Crippen LogP contribution in [0.5, 0.6) is 0 Å². The number of aliphatic hydroxyl groups is 1. The second-order valence-corrected chi connectivity index (χ2v) is 5.34. The summed E-state index contributed by atoms with van der Waals surface area (Å²) in [5.74, 6) is 1.10. The molecule has 1 N–H and O–H groups in total. The summed E-state index contributed by atoms with van der Waals surface area (Å²) in [6, 6.07) is 4.19. The molecule has 0 radical (unpaired) electrons. The fourth-order valence-corrected chi connectivity index (χ4v) is 3.24. The molecule has 0 fully saturated rings. The van der Waals surface area contributed by atoms with E-state index in [0.29, 0.717) is 6.42 Å². The van der Waals surface area contributed by atoms with Gasteiger partial charge in [-0.2, -0.15) is 0 Å². The van der Waals surface area contributed by atoms with Crippen molar-refractivity contribution in [3.8, 4) is 10.7 Å². The highest BCUT2D eigenvalue weighted by Crippen LogP contribution is 2.30. The van der Waals surface area contributed by atoms with Crippen molar-refractivity contribution in [2.75, 3.05) is 6.61 Å². The number of imidazole rings is 1. The van der Waals surface area contributed by atoms with Crippen LogP contribution in [0.25, 0.3) is 10.7 Å². The Labute approximate surface area is 105 Å². The Morgan fingerprint density at radius 3 is 3.12 bits per heavy atom. The molecule has 0 saturated heterocycles. The van der Waals surface area contributed by atoms with E-state index in [0.717, 1.165) is 24.5 Å². The van der Waals surface area contributed by atoms with E-state index in [1.165, 1.54) is 23.4 Å². The first-order chi connectivity index (χ1) is 8.40. The van der Waals surface area contributed by atoms with E-state index >= 15 is 0 Å². The van der Waals surface area contributed by atoms with E-state index in [1.54, 1.807) is 11.3 Å². The summed E-state index contributed by atoms with van der Waals surface area (Å²) in [5, 5.41) is 11.2. The van der Waals surface area contributed by atoms with Crippen LogP contribution in [0.4, 0.5) is 0 Å². The monoisotopic (exact) mass is 248 g/mol. The smallest absolute Gasteiger partial charge is 0.150 e. The average molecular weight is 248 g/mol. The third kappa shape index (κ3) is 1.91. The van der Waals surface area contributed by atoms with Gasteiger partial charge in [-0.3, -0.25) is 0 Å². The van der Waals surface area contributed by atoms with Gasteiger partial charge in [0.15, 0.2) is 5.82 Å². The molecule has 3 nitrogen and oxygen atoms in total. The van der Waals surface area contributed by atoms with Crippen molar-refractivity contribution in [3.63, 3.8) is 0 Å². The molecule has 17 heavy (non-hydrogen) atoms. The lowest BCUT2D eigenvalue weighted by Gasteiger charge is -2.16. The Bertz CT molecular complexity index is 502. The van der Waals surface area contributed by atoms with Gasteiger partial charge in [0, 0.05) is 25.3 Å². The van der Waals surface area contributed by atoms with Gasteiger partial charge in [0.1, 0.15) is 0 Å². The van der Waals surface area contributed by atoms with Gasteiger partial charge in [-0.25, -0.2) is 4.98 Å². The molecule has 90 valence electrons. The molecule has 0 amide bonds. The summed E-state index contributed by atoms with van der Waals surface area (Å²) >= 11 is 1.73. The topological polar surface area (TPSA) is 38.1 Å². The molecular formula is C13H16N2OS. The normalized spacial score (nSPS) is 14.9. The number of thiophene rings is 1. The van der Waals surface area contributed by atoms with E-state index in [1.807, 2.05) is 0 Å². The maximum absolute atomic E-state index is 9.11. The highest BCUT2D eigenvalue weighted by molar-refractivity contribution is 7.13. The number of aromatic nitrogens is 2. The van der Waals surface area contributed by atoms with Gasteiger partial charge < -0.3 is 9.67 Å². The Morgan fingerprint density at radius 1 is 1.41 bits per heavy atom. The number of hydrogen-bond donors (Lipinski definition) is 1. The second kappa shape index (κ2) is 4.63. The fraction of sp³-hybridized carbons (Fsp3) is 0.462. The maximum Gasteiger partial charge on any atom is 0.150 e. The second-order valence-electron chi connectivity index (χ2n) is 4.39. The van der Waals surface area contributed by atoms with Gasteiger partial charge in [0.2, 0.25) is 0 Å². The van der Waals surface area contributed by atoms with E-state index < -0.39 is 0 Å². The lowest BCUT2D eigenvalue weighted by Crippen LogP contribution is -2.12. The van der Waals surface area contributed by atoms with Gasteiger partial charge >= 0.3 is 0 Å². The molecular weight excluding hydrogens is 232 g/mol. The molecule has 0 aromatic carbocycles. The first-order valence-electron chi connectivity index (χ1n) is 6.13. The summed E-state index contributed by atoms with van der Waals surface area (Å²) in [6.07, 6.45) is 4.27. The fourth-order valence-electron chi connectivity index (χ4n) is 2.52. The Balaban J connectivity index is 2.09. The van der Waals surface area contributed by atoms with Crippen LogP contribution in [0.2, 0.25) is 0 Å². The van der Waals surface area contributed by atoms with Crippen LogP contribution in [-0.4, -0.2) is 21.3 Å². The minimum atomic E-state index is 0.188. The van der Waals surface area contributed by atoms with E-state index in [9.17, 15) is 0 Å². The quantitative estimate of drug-likeness (QED) is 0.906. The molecule has 0 unspecified atom stereocenters. The number of hydrogen-bond acceptors (Lipinski definition) is 3. The standard InChI is InChI=1S/C13H16N2OS/c16-8-6-10-11-4-1-2-7-15(11)13(14-10)12-5-3-9-17-12/h3,5,9,16H,1-2,4,6-8H2. The molecule has 0 saturated carbocycles. The molecule has 3 rings (SSSR count). The van der Waals surface area contributed by atoms with Crippen LogP contribution in [-0.2, 0) is 19.4 Å². The van der Waals surface area contributed by atoms with Gasteiger partial charge in [0.25, 0.3) is 0 Å². The summed E-state index contributed by atoms with van der Waals surface area (Å²) in [4.78, 5) is 5.97. The highest BCUT2D eigenvalue weighted by atomic mass is 32.1. The Kier molecular flexibility index (Phi) is 2.99. The van der Waals surface area contributed by atoms with E-state index in [2.05, 4.69) is 22.1 Å². The lowest BCUT2D eigenvalue weighted by molar-refractivity contribution is 0.297. The average Bonchev–Trinajstić information content (AvgIpc) is 2.97. The molecule has 0 aliphatic carbocycles. The maximum atomic E-state index is 9.11. The molecule has 4 heteroatoms. The van der Waals surface area contributed by atoms with Crippen molar-refractivity contribution in [2.45, 2.75) is 32.2 Å². The molecule has 0 spiro atoms. The molecule has 2 aromatic heterocycles. The first-order valence-corrected chi connectivity index (χ1v) is 7.01. The van der Waals surface area contributed by atoms with Crippen molar-refractivity contribution >= 4 is 11.3 Å². The molecule has 3 heterocycles. The van der Waals surface area contributed by atoms with Gasteiger partial charge in [-0.1, -0.05) is 6.07 Å². The minimum Gasteiger partial charge on any atom is -0.396 e. The van der Waals surface area contributed by atoms with E-state index in [-0.39, 0.29) is 6.61 Å². The molecule has 2 aromatic rings. The lowest BCUT2D eigenvalue weighted by atomic mass is 10.1. The van der Waals surface area contributed by atoms with Crippen molar-refractivity contribution < 1.29 is 5.11 Å². The van der Waals surface area contributed by atoms with Gasteiger partial charge in [0.05, 0.1) is 10.6 Å². The van der Waals surface area contributed by atoms with Crippen LogP contribution >= 0.6 is 11.3 Å². The Morgan fingerprint density at radius 2 is 2.35 bits per heavy atom. The zero-order valence-corrected chi connectivity index (χ0v) is 10.5. The largest absolute Gasteiger partial charge is 0.396 e. The number of aliphatic hydroxyl groups excluding tert-OH is 1. The summed E-state index contributed by atoms with van der Waals surface area (Å²) in [7, 11) is 0. The van der Waals surface area contributed by atoms with Crippen molar-refractivity contribution in [3.05, 3.63) is 28.9 Å². The van der Waals surface area contributed by atoms with E-state index in [4.69, 9.17) is 10.1 Å². The zero-order valence-electron chi connectivity index (χ0n) is 9.72. The molecule has 1 aliphatic rings. The predicted octanol–water partition coefficient (Wildman–Crippen LogP) is 2.48. The highest BCUT2D eigenvalue weighted by Gasteiger charge is 2.20. The van der Waals surface area contributed by atoms with Gasteiger partial charge in [-0.15, -0.1) is 11.3 Å². The number of nitrogens with zero attached hydrogens (tertiary/aromatic N) is 2.